The number of urea groups is 1. The van der Waals surface area contributed by atoms with Gasteiger partial charge in [-0.2, -0.15) is 0 Å². The van der Waals surface area contributed by atoms with E-state index in [0.717, 1.165) is 43.7 Å². The summed E-state index contributed by atoms with van der Waals surface area (Å²) in [6, 6.07) is 8.28. The van der Waals surface area contributed by atoms with Gasteiger partial charge >= 0.3 is 6.03 Å². The number of fused-ring (bicyclic) bond motifs is 1. The number of benzene rings is 1. The van der Waals surface area contributed by atoms with Crippen LogP contribution in [0.1, 0.15) is 58.1 Å². The van der Waals surface area contributed by atoms with Crippen molar-refractivity contribution in [2.75, 3.05) is 37.7 Å². The fourth-order valence-corrected chi connectivity index (χ4v) is 4.92. The van der Waals surface area contributed by atoms with Crippen molar-refractivity contribution in [3.8, 4) is 0 Å². The first-order valence-corrected chi connectivity index (χ1v) is 12.5. The molecular weight excluding hydrogens is 440 g/mol. The normalized spacial score (nSPS) is 18.3. The lowest BCUT2D eigenvalue weighted by atomic mass is 9.87. The number of nitrogen functional groups attached to an aromatic ring is 1. The standard InChI is InChI=1S/C26H38N8O/c1-26(2,3)19-7-9-20(10-8-19)32-25(35)28-12-5-13-33(4)15-18-6-11-21(14-18)34-17-31-22-23(27)29-16-30-24(22)34/h7-10,16-18,21H,5-6,11-15H2,1-4H3,(H2,27,29,30)(H2,28,32,35)/t18-,21+/m1/s1. The second-order valence-corrected chi connectivity index (χ2v) is 10.7. The van der Waals surface area contributed by atoms with Gasteiger partial charge in [0.15, 0.2) is 11.5 Å². The molecule has 0 radical (unpaired) electrons. The summed E-state index contributed by atoms with van der Waals surface area (Å²) in [5.74, 6) is 1.07. The van der Waals surface area contributed by atoms with E-state index in [9.17, 15) is 4.79 Å². The van der Waals surface area contributed by atoms with E-state index >= 15 is 0 Å². The highest BCUT2D eigenvalue weighted by atomic mass is 16.2. The van der Waals surface area contributed by atoms with Crippen LogP contribution in [0.5, 0.6) is 0 Å². The van der Waals surface area contributed by atoms with Gasteiger partial charge in [0.25, 0.3) is 0 Å². The molecule has 1 aliphatic carbocycles. The van der Waals surface area contributed by atoms with Gasteiger partial charge < -0.3 is 25.8 Å². The van der Waals surface area contributed by atoms with Crippen LogP contribution in [0.15, 0.2) is 36.9 Å². The maximum Gasteiger partial charge on any atom is 0.319 e. The molecule has 2 aromatic heterocycles. The maximum atomic E-state index is 12.2. The van der Waals surface area contributed by atoms with Crippen LogP contribution in [0, 0.1) is 5.92 Å². The summed E-state index contributed by atoms with van der Waals surface area (Å²) in [7, 11) is 2.16. The fourth-order valence-electron chi connectivity index (χ4n) is 4.92. The number of imidazole rings is 1. The number of hydrogen-bond acceptors (Lipinski definition) is 6. The fraction of sp³-hybridized carbons (Fsp3) is 0.538. The van der Waals surface area contributed by atoms with Gasteiger partial charge in [-0.25, -0.2) is 19.7 Å². The Labute approximate surface area is 207 Å². The average Bonchev–Trinajstić information content (AvgIpc) is 3.44. The molecule has 0 saturated heterocycles. The lowest BCUT2D eigenvalue weighted by Crippen LogP contribution is -2.32. The first kappa shape index (κ1) is 24.9. The minimum Gasteiger partial charge on any atom is -0.382 e. The smallest absolute Gasteiger partial charge is 0.319 e. The molecule has 9 nitrogen and oxygen atoms in total. The van der Waals surface area contributed by atoms with Crippen LogP contribution in [0.3, 0.4) is 0 Å². The molecule has 0 bridgehead atoms. The summed E-state index contributed by atoms with van der Waals surface area (Å²) in [6.07, 6.45) is 7.67. The Morgan fingerprint density at radius 1 is 1.17 bits per heavy atom. The van der Waals surface area contributed by atoms with Crippen molar-refractivity contribution in [2.45, 2.75) is 57.9 Å². The average molecular weight is 479 g/mol. The monoisotopic (exact) mass is 478 g/mol. The Morgan fingerprint density at radius 3 is 2.69 bits per heavy atom. The van der Waals surface area contributed by atoms with E-state index in [0.29, 0.717) is 29.8 Å². The summed E-state index contributed by atoms with van der Waals surface area (Å²) in [6.45, 7) is 9.17. The molecule has 0 aliphatic heterocycles. The summed E-state index contributed by atoms with van der Waals surface area (Å²) in [4.78, 5) is 27.4. The molecule has 188 valence electrons. The molecule has 2 heterocycles. The molecule has 4 N–H and O–H groups in total. The highest BCUT2D eigenvalue weighted by Gasteiger charge is 2.28. The van der Waals surface area contributed by atoms with Crippen LogP contribution >= 0.6 is 0 Å². The molecule has 1 saturated carbocycles. The predicted octanol–water partition coefficient (Wildman–Crippen LogP) is 4.19. The van der Waals surface area contributed by atoms with Crippen LogP contribution in [-0.4, -0.2) is 57.1 Å². The predicted molar refractivity (Wildman–Crippen MR) is 140 cm³/mol. The van der Waals surface area contributed by atoms with Crippen molar-refractivity contribution in [1.29, 1.82) is 0 Å². The Balaban J connectivity index is 1.15. The summed E-state index contributed by atoms with van der Waals surface area (Å²) in [5.41, 5.74) is 9.60. The lowest BCUT2D eigenvalue weighted by molar-refractivity contribution is 0.248. The molecule has 4 rings (SSSR count). The highest BCUT2D eigenvalue weighted by Crippen LogP contribution is 2.36. The van der Waals surface area contributed by atoms with Crippen LogP contribution in [0.25, 0.3) is 11.2 Å². The number of rotatable bonds is 8. The first-order valence-electron chi connectivity index (χ1n) is 12.5. The van der Waals surface area contributed by atoms with Crippen molar-refractivity contribution in [2.24, 2.45) is 5.92 Å². The quantitative estimate of drug-likeness (QED) is 0.418. The summed E-state index contributed by atoms with van der Waals surface area (Å²) < 4.78 is 2.16. The van der Waals surface area contributed by atoms with Crippen molar-refractivity contribution in [1.82, 2.24) is 29.7 Å². The number of hydrogen-bond donors (Lipinski definition) is 3. The second kappa shape index (κ2) is 10.6. The molecule has 2 amide bonds. The topological polar surface area (TPSA) is 114 Å². The molecule has 0 unspecified atom stereocenters. The number of nitrogens with two attached hydrogens (primary N) is 1. The van der Waals surface area contributed by atoms with E-state index in [2.05, 4.69) is 75.0 Å². The van der Waals surface area contributed by atoms with Gasteiger partial charge in [-0.05, 0) is 68.3 Å². The van der Waals surface area contributed by atoms with Gasteiger partial charge in [0, 0.05) is 24.8 Å². The molecule has 1 aliphatic rings. The molecule has 35 heavy (non-hydrogen) atoms. The minimum atomic E-state index is -0.160. The Bertz CT molecular complexity index is 1130. The summed E-state index contributed by atoms with van der Waals surface area (Å²) in [5, 5.41) is 5.88. The number of nitrogens with one attached hydrogen (secondary N) is 2. The van der Waals surface area contributed by atoms with E-state index < -0.39 is 0 Å². The largest absolute Gasteiger partial charge is 0.382 e. The molecule has 1 fully saturated rings. The van der Waals surface area contributed by atoms with E-state index in [1.54, 1.807) is 0 Å². The van der Waals surface area contributed by atoms with E-state index in [-0.39, 0.29) is 11.4 Å². The van der Waals surface area contributed by atoms with Crippen LogP contribution in [-0.2, 0) is 5.41 Å². The molecule has 3 aromatic rings. The number of carbonyl (C=O) groups is 1. The van der Waals surface area contributed by atoms with Crippen molar-refractivity contribution >= 4 is 28.7 Å². The molecule has 9 heteroatoms. The highest BCUT2D eigenvalue weighted by molar-refractivity contribution is 5.89. The third kappa shape index (κ3) is 6.28. The van der Waals surface area contributed by atoms with Crippen molar-refractivity contribution < 1.29 is 4.79 Å². The van der Waals surface area contributed by atoms with Gasteiger partial charge in [0.1, 0.15) is 11.8 Å². The molecule has 0 spiro atoms. The SMILES string of the molecule is CN(CCCNC(=O)Nc1ccc(C(C)(C)C)cc1)C[C@@H]1CC[C@H](n2cnc3c(N)ncnc32)C1. The number of amides is 2. The third-order valence-corrected chi connectivity index (χ3v) is 6.87. The Kier molecular flexibility index (Phi) is 7.54. The van der Waals surface area contributed by atoms with Gasteiger partial charge in [0.2, 0.25) is 0 Å². The Hall–Kier alpha value is -3.20. The van der Waals surface area contributed by atoms with Gasteiger partial charge in [-0.1, -0.05) is 32.9 Å². The number of carbonyl (C=O) groups excluding carboxylic acids is 1. The van der Waals surface area contributed by atoms with Gasteiger partial charge in [-0.3, -0.25) is 0 Å². The molecule has 2 atom stereocenters. The number of aromatic nitrogens is 4. The van der Waals surface area contributed by atoms with Gasteiger partial charge in [-0.15, -0.1) is 0 Å². The van der Waals surface area contributed by atoms with E-state index in [1.807, 2.05) is 18.5 Å². The number of nitrogens with zero attached hydrogens (tertiary/aromatic N) is 5. The second-order valence-electron chi connectivity index (χ2n) is 10.7. The minimum absolute atomic E-state index is 0.101. The summed E-state index contributed by atoms with van der Waals surface area (Å²) >= 11 is 0. The van der Waals surface area contributed by atoms with Crippen molar-refractivity contribution in [3.05, 3.63) is 42.5 Å². The molecular formula is C26H38N8O. The Morgan fingerprint density at radius 2 is 1.94 bits per heavy atom. The van der Waals surface area contributed by atoms with E-state index in [4.69, 9.17) is 5.73 Å². The van der Waals surface area contributed by atoms with Crippen LogP contribution in [0.4, 0.5) is 16.3 Å². The number of anilines is 2. The lowest BCUT2D eigenvalue weighted by Gasteiger charge is -2.21. The zero-order chi connectivity index (χ0) is 25.0. The van der Waals surface area contributed by atoms with Crippen LogP contribution < -0.4 is 16.4 Å². The zero-order valence-electron chi connectivity index (χ0n) is 21.3. The van der Waals surface area contributed by atoms with E-state index in [1.165, 1.54) is 18.3 Å². The maximum absolute atomic E-state index is 12.2. The van der Waals surface area contributed by atoms with Crippen LogP contribution in [0.2, 0.25) is 0 Å². The van der Waals surface area contributed by atoms with Crippen molar-refractivity contribution in [3.63, 3.8) is 0 Å². The first-order chi connectivity index (χ1) is 16.7. The third-order valence-electron chi connectivity index (χ3n) is 6.87. The molecule has 1 aromatic carbocycles. The zero-order valence-corrected chi connectivity index (χ0v) is 21.3. The van der Waals surface area contributed by atoms with Gasteiger partial charge in [0.05, 0.1) is 6.33 Å².